The Bertz CT molecular complexity index is 375. The zero-order chi connectivity index (χ0) is 12.0. The van der Waals surface area contributed by atoms with Crippen molar-refractivity contribution in [1.29, 1.82) is 5.26 Å². The van der Waals surface area contributed by atoms with Gasteiger partial charge in [0, 0.05) is 18.8 Å². The lowest BCUT2D eigenvalue weighted by atomic mass is 9.83. The van der Waals surface area contributed by atoms with Crippen molar-refractivity contribution in [1.82, 2.24) is 4.57 Å². The van der Waals surface area contributed by atoms with E-state index in [1.807, 2.05) is 19.1 Å². The molecule has 16 heavy (non-hydrogen) atoms. The number of unbranched alkanes of at least 4 members (excludes halogenated alkanes) is 1. The highest BCUT2D eigenvalue weighted by atomic mass is 16.2. The van der Waals surface area contributed by atoms with Crippen LogP contribution in [-0.2, 0) is 0 Å². The van der Waals surface area contributed by atoms with Crippen molar-refractivity contribution in [3.05, 3.63) is 24.5 Å². The molecule has 1 rings (SSSR count). The quantitative estimate of drug-likeness (QED) is 0.761. The van der Waals surface area contributed by atoms with Crippen molar-refractivity contribution in [2.24, 2.45) is 5.41 Å². The summed E-state index contributed by atoms with van der Waals surface area (Å²) in [5.74, 6) is -0.00912. The summed E-state index contributed by atoms with van der Waals surface area (Å²) >= 11 is 0. The predicted molar refractivity (Wildman–Crippen MR) is 62.9 cm³/mol. The molecule has 0 bridgehead atoms. The first-order valence-electron chi connectivity index (χ1n) is 5.69. The van der Waals surface area contributed by atoms with Crippen molar-refractivity contribution < 1.29 is 4.79 Å². The third kappa shape index (κ3) is 3.23. The Morgan fingerprint density at radius 2 is 2.06 bits per heavy atom. The minimum Gasteiger partial charge on any atom is -0.295 e. The highest BCUT2D eigenvalue weighted by Crippen LogP contribution is 2.28. The third-order valence-corrected chi connectivity index (χ3v) is 2.79. The molecule has 1 atom stereocenters. The molecule has 0 aliphatic rings. The maximum Gasteiger partial charge on any atom is 0.232 e. The first-order valence-corrected chi connectivity index (χ1v) is 5.69. The smallest absolute Gasteiger partial charge is 0.232 e. The third-order valence-electron chi connectivity index (χ3n) is 2.79. The molecule has 0 spiro atoms. The molecule has 0 N–H and O–H groups in total. The maximum absolute atomic E-state index is 11.9. The van der Waals surface area contributed by atoms with Crippen LogP contribution in [0.4, 0.5) is 0 Å². The van der Waals surface area contributed by atoms with E-state index in [9.17, 15) is 4.79 Å². The summed E-state index contributed by atoms with van der Waals surface area (Å²) in [5.41, 5.74) is -0.530. The van der Waals surface area contributed by atoms with Gasteiger partial charge in [-0.3, -0.25) is 9.36 Å². The van der Waals surface area contributed by atoms with Crippen LogP contribution < -0.4 is 0 Å². The van der Waals surface area contributed by atoms with Gasteiger partial charge < -0.3 is 0 Å². The van der Waals surface area contributed by atoms with Gasteiger partial charge in [-0.25, -0.2) is 0 Å². The zero-order valence-corrected chi connectivity index (χ0v) is 9.94. The van der Waals surface area contributed by atoms with Crippen LogP contribution in [0.2, 0.25) is 0 Å². The van der Waals surface area contributed by atoms with E-state index in [2.05, 4.69) is 13.0 Å². The highest BCUT2D eigenvalue weighted by Gasteiger charge is 2.27. The average Bonchev–Trinajstić information content (AvgIpc) is 2.80. The van der Waals surface area contributed by atoms with E-state index < -0.39 is 5.41 Å². The fourth-order valence-corrected chi connectivity index (χ4v) is 1.68. The van der Waals surface area contributed by atoms with Gasteiger partial charge in [-0.05, 0) is 25.5 Å². The van der Waals surface area contributed by atoms with Gasteiger partial charge in [-0.15, -0.1) is 0 Å². The van der Waals surface area contributed by atoms with Crippen LogP contribution in [0, 0.1) is 16.7 Å². The zero-order valence-electron chi connectivity index (χ0n) is 9.94. The van der Waals surface area contributed by atoms with Gasteiger partial charge in [-0.1, -0.05) is 19.8 Å². The molecule has 0 unspecified atom stereocenters. The maximum atomic E-state index is 11.9. The Hall–Kier alpha value is -1.56. The molecule has 3 nitrogen and oxygen atoms in total. The van der Waals surface area contributed by atoms with Crippen molar-refractivity contribution in [2.45, 2.75) is 39.5 Å². The largest absolute Gasteiger partial charge is 0.295 e. The molecule has 0 aliphatic heterocycles. The topological polar surface area (TPSA) is 45.8 Å². The molecule has 86 valence electrons. The second-order valence-corrected chi connectivity index (χ2v) is 4.44. The molecule has 0 radical (unpaired) electrons. The number of carbonyl (C=O) groups excluding carboxylic acids is 1. The Kier molecular flexibility index (Phi) is 4.30. The van der Waals surface area contributed by atoms with Gasteiger partial charge in [0.15, 0.2) is 0 Å². The van der Waals surface area contributed by atoms with Gasteiger partial charge in [0.25, 0.3) is 0 Å². The molecule has 0 fully saturated rings. The molecule has 0 saturated heterocycles. The summed E-state index contributed by atoms with van der Waals surface area (Å²) in [7, 11) is 0. The number of aromatic nitrogens is 1. The molecular weight excluding hydrogens is 200 g/mol. The van der Waals surface area contributed by atoms with Crippen molar-refractivity contribution >= 4 is 5.91 Å². The van der Waals surface area contributed by atoms with E-state index >= 15 is 0 Å². The second kappa shape index (κ2) is 5.50. The normalized spacial score (nSPS) is 14.1. The van der Waals surface area contributed by atoms with Crippen molar-refractivity contribution in [3.63, 3.8) is 0 Å². The first kappa shape index (κ1) is 12.5. The molecule has 0 amide bonds. The summed E-state index contributed by atoms with van der Waals surface area (Å²) in [6.07, 6.45) is 6.56. The van der Waals surface area contributed by atoms with Crippen LogP contribution in [0.15, 0.2) is 24.5 Å². The summed E-state index contributed by atoms with van der Waals surface area (Å²) in [4.78, 5) is 11.9. The Morgan fingerprint density at radius 1 is 1.44 bits per heavy atom. The Balaban J connectivity index is 2.63. The van der Waals surface area contributed by atoms with Gasteiger partial charge in [0.2, 0.25) is 5.91 Å². The predicted octanol–water partition coefficient (Wildman–Crippen LogP) is 3.24. The van der Waals surface area contributed by atoms with Crippen LogP contribution in [-0.4, -0.2) is 10.5 Å². The number of nitriles is 1. The highest BCUT2D eigenvalue weighted by molar-refractivity contribution is 5.79. The number of rotatable bonds is 5. The van der Waals surface area contributed by atoms with Gasteiger partial charge >= 0.3 is 0 Å². The Labute approximate surface area is 96.7 Å². The molecular formula is C13H18N2O. The Morgan fingerprint density at radius 3 is 2.56 bits per heavy atom. The van der Waals surface area contributed by atoms with Crippen LogP contribution in [0.3, 0.4) is 0 Å². The molecule has 1 aromatic rings. The van der Waals surface area contributed by atoms with E-state index in [-0.39, 0.29) is 12.3 Å². The van der Waals surface area contributed by atoms with Gasteiger partial charge in [-0.2, -0.15) is 5.26 Å². The van der Waals surface area contributed by atoms with E-state index in [1.165, 1.54) is 0 Å². The van der Waals surface area contributed by atoms with E-state index in [0.717, 1.165) is 19.3 Å². The number of hydrogen-bond acceptors (Lipinski definition) is 2. The molecule has 0 aromatic carbocycles. The summed E-state index contributed by atoms with van der Waals surface area (Å²) in [6, 6.07) is 5.90. The van der Waals surface area contributed by atoms with Crippen LogP contribution in [0.5, 0.6) is 0 Å². The fourth-order valence-electron chi connectivity index (χ4n) is 1.68. The fraction of sp³-hybridized carbons (Fsp3) is 0.538. The van der Waals surface area contributed by atoms with Crippen molar-refractivity contribution in [2.75, 3.05) is 0 Å². The van der Waals surface area contributed by atoms with E-state index in [0.29, 0.717) is 0 Å². The summed E-state index contributed by atoms with van der Waals surface area (Å²) in [5, 5.41) is 9.15. The van der Waals surface area contributed by atoms with Crippen LogP contribution >= 0.6 is 0 Å². The van der Waals surface area contributed by atoms with E-state index in [4.69, 9.17) is 5.26 Å². The molecule has 1 heterocycles. The average molecular weight is 218 g/mol. The number of hydrogen-bond donors (Lipinski definition) is 0. The SMILES string of the molecule is CCCC[C@@](C)(C#N)CC(=O)n1cccc1. The number of carbonyl (C=O) groups is 1. The minimum absolute atomic E-state index is 0.00912. The summed E-state index contributed by atoms with van der Waals surface area (Å²) < 4.78 is 1.54. The van der Waals surface area contributed by atoms with Gasteiger partial charge in [0.05, 0.1) is 11.5 Å². The molecule has 1 aromatic heterocycles. The second-order valence-electron chi connectivity index (χ2n) is 4.44. The lowest BCUT2D eigenvalue weighted by Crippen LogP contribution is -2.22. The van der Waals surface area contributed by atoms with E-state index in [1.54, 1.807) is 17.0 Å². The molecule has 0 aliphatic carbocycles. The lowest BCUT2D eigenvalue weighted by molar-refractivity contribution is 0.0859. The first-order chi connectivity index (χ1) is 7.61. The number of nitrogens with zero attached hydrogens (tertiary/aromatic N) is 2. The molecule has 3 heteroatoms. The summed E-state index contributed by atoms with van der Waals surface area (Å²) in [6.45, 7) is 3.95. The van der Waals surface area contributed by atoms with Crippen molar-refractivity contribution in [3.8, 4) is 6.07 Å². The van der Waals surface area contributed by atoms with Gasteiger partial charge in [0.1, 0.15) is 0 Å². The van der Waals surface area contributed by atoms with Crippen LogP contribution in [0.25, 0.3) is 0 Å². The monoisotopic (exact) mass is 218 g/mol. The standard InChI is InChI=1S/C13H18N2O/c1-3-4-7-13(2,11-14)10-12(16)15-8-5-6-9-15/h5-6,8-9H,3-4,7,10H2,1-2H3/t13-/m1/s1. The minimum atomic E-state index is -0.530. The molecule has 0 saturated carbocycles. The lowest BCUT2D eigenvalue weighted by Gasteiger charge is -2.20. The van der Waals surface area contributed by atoms with Crippen LogP contribution in [0.1, 0.15) is 44.3 Å².